The molecule has 1 atom stereocenters. The summed E-state index contributed by atoms with van der Waals surface area (Å²) in [6, 6.07) is 12.8. The van der Waals surface area contributed by atoms with Gasteiger partial charge in [0.25, 0.3) is 5.91 Å². The van der Waals surface area contributed by atoms with Gasteiger partial charge in [0, 0.05) is 18.2 Å². The second-order valence-electron chi connectivity index (χ2n) is 8.05. The van der Waals surface area contributed by atoms with Gasteiger partial charge in [0.15, 0.2) is 6.61 Å². The van der Waals surface area contributed by atoms with Crippen LogP contribution in [0.2, 0.25) is 10.0 Å². The molecule has 2 aromatic carbocycles. The molecule has 8 heteroatoms. The van der Waals surface area contributed by atoms with Crippen molar-refractivity contribution in [2.45, 2.75) is 39.3 Å². The summed E-state index contributed by atoms with van der Waals surface area (Å²) >= 11 is 11.8. The highest BCUT2D eigenvalue weighted by molar-refractivity contribution is 6.42. The van der Waals surface area contributed by atoms with E-state index in [0.29, 0.717) is 28.8 Å². The van der Waals surface area contributed by atoms with Crippen molar-refractivity contribution < 1.29 is 19.1 Å². The fourth-order valence-electron chi connectivity index (χ4n) is 3.33. The van der Waals surface area contributed by atoms with Crippen LogP contribution < -0.4 is 15.4 Å². The van der Waals surface area contributed by atoms with Crippen molar-refractivity contribution in [3.8, 4) is 5.75 Å². The zero-order chi connectivity index (χ0) is 23.3. The number of nitrogens with one attached hydrogen (secondary N) is 2. The van der Waals surface area contributed by atoms with Crippen LogP contribution in [0.1, 0.15) is 31.4 Å². The molecule has 0 bridgehead atoms. The monoisotopic (exact) mass is 476 g/mol. The van der Waals surface area contributed by atoms with E-state index in [-0.39, 0.29) is 25.0 Å². The first kappa shape index (κ1) is 24.1. The van der Waals surface area contributed by atoms with E-state index in [0.717, 1.165) is 16.8 Å². The van der Waals surface area contributed by atoms with Crippen LogP contribution in [0.15, 0.2) is 53.7 Å². The second kappa shape index (κ2) is 10.4. The molecule has 1 aliphatic rings. The number of aryl methyl sites for hydroxylation is 1. The molecule has 0 aliphatic heterocycles. The summed E-state index contributed by atoms with van der Waals surface area (Å²) < 4.78 is 11.0. The SMILES string of the molecule is CC1=C(NC(=O)COCc2ccc(C)cc2)CC1(C)NC(=O)COc1ccc(Cl)c(Cl)c1. The molecule has 0 saturated heterocycles. The number of ether oxygens (including phenoxy) is 2. The molecule has 32 heavy (non-hydrogen) atoms. The van der Waals surface area contributed by atoms with Crippen LogP contribution >= 0.6 is 23.2 Å². The summed E-state index contributed by atoms with van der Waals surface area (Å²) in [6.07, 6.45) is 0.515. The van der Waals surface area contributed by atoms with Crippen molar-refractivity contribution in [2.24, 2.45) is 0 Å². The Balaban J connectivity index is 1.42. The summed E-state index contributed by atoms with van der Waals surface area (Å²) in [4.78, 5) is 24.5. The molecule has 170 valence electrons. The zero-order valence-electron chi connectivity index (χ0n) is 18.3. The first-order valence-corrected chi connectivity index (χ1v) is 10.9. The predicted molar refractivity (Wildman–Crippen MR) is 125 cm³/mol. The maximum atomic E-state index is 12.3. The molecule has 0 fully saturated rings. The molecule has 0 spiro atoms. The maximum absolute atomic E-state index is 12.3. The van der Waals surface area contributed by atoms with E-state index in [2.05, 4.69) is 10.6 Å². The predicted octanol–water partition coefficient (Wildman–Crippen LogP) is 4.57. The number of hydrogen-bond donors (Lipinski definition) is 2. The fraction of sp³-hybridized carbons (Fsp3) is 0.333. The minimum absolute atomic E-state index is 0.0365. The van der Waals surface area contributed by atoms with Crippen LogP contribution in [0.4, 0.5) is 0 Å². The normalized spacial score (nSPS) is 17.5. The Kier molecular flexibility index (Phi) is 7.82. The van der Waals surface area contributed by atoms with Gasteiger partial charge in [-0.25, -0.2) is 0 Å². The van der Waals surface area contributed by atoms with Crippen LogP contribution in [0.3, 0.4) is 0 Å². The summed E-state index contributed by atoms with van der Waals surface area (Å²) in [5.74, 6) is -0.0355. The maximum Gasteiger partial charge on any atom is 0.258 e. The van der Waals surface area contributed by atoms with E-state index in [1.165, 1.54) is 5.56 Å². The summed E-state index contributed by atoms with van der Waals surface area (Å²) in [6.45, 7) is 5.99. The number of halogens is 2. The first-order chi connectivity index (χ1) is 15.2. The van der Waals surface area contributed by atoms with Crippen LogP contribution in [0.5, 0.6) is 5.75 Å². The average Bonchev–Trinajstić information content (AvgIpc) is 2.75. The minimum Gasteiger partial charge on any atom is -0.484 e. The van der Waals surface area contributed by atoms with E-state index in [1.54, 1.807) is 18.2 Å². The summed E-state index contributed by atoms with van der Waals surface area (Å²) in [5.41, 5.74) is 3.34. The molecular formula is C24H26Cl2N2O4. The molecule has 0 aromatic heterocycles. The Morgan fingerprint density at radius 2 is 1.72 bits per heavy atom. The molecule has 2 aromatic rings. The second-order valence-corrected chi connectivity index (χ2v) is 8.87. The van der Waals surface area contributed by atoms with Gasteiger partial charge in [-0.1, -0.05) is 53.0 Å². The lowest BCUT2D eigenvalue weighted by molar-refractivity contribution is -0.125. The molecule has 6 nitrogen and oxygen atoms in total. The smallest absolute Gasteiger partial charge is 0.258 e. The van der Waals surface area contributed by atoms with Gasteiger partial charge < -0.3 is 20.1 Å². The number of hydrogen-bond acceptors (Lipinski definition) is 4. The number of carbonyl (C=O) groups is 2. The van der Waals surface area contributed by atoms with Gasteiger partial charge in [-0.3, -0.25) is 9.59 Å². The first-order valence-electron chi connectivity index (χ1n) is 10.2. The van der Waals surface area contributed by atoms with E-state index in [4.69, 9.17) is 32.7 Å². The van der Waals surface area contributed by atoms with Crippen molar-refractivity contribution in [3.63, 3.8) is 0 Å². The fourth-order valence-corrected chi connectivity index (χ4v) is 3.62. The molecule has 0 heterocycles. The molecular weight excluding hydrogens is 451 g/mol. The molecule has 1 unspecified atom stereocenters. The number of rotatable bonds is 9. The van der Waals surface area contributed by atoms with Crippen molar-refractivity contribution in [1.29, 1.82) is 0 Å². The van der Waals surface area contributed by atoms with Gasteiger partial charge in [0.2, 0.25) is 5.91 Å². The van der Waals surface area contributed by atoms with Gasteiger partial charge in [-0.15, -0.1) is 0 Å². The van der Waals surface area contributed by atoms with Crippen molar-refractivity contribution in [1.82, 2.24) is 10.6 Å². The number of carbonyl (C=O) groups excluding carboxylic acids is 2. The molecule has 0 radical (unpaired) electrons. The van der Waals surface area contributed by atoms with E-state index < -0.39 is 5.54 Å². The van der Waals surface area contributed by atoms with Crippen LogP contribution in [0.25, 0.3) is 0 Å². The third-order valence-corrected chi connectivity index (χ3v) is 6.14. The largest absolute Gasteiger partial charge is 0.484 e. The molecule has 2 amide bonds. The van der Waals surface area contributed by atoms with Gasteiger partial charge in [0.05, 0.1) is 22.2 Å². The number of amides is 2. The Hall–Kier alpha value is -2.54. The minimum atomic E-state index is -0.538. The third-order valence-electron chi connectivity index (χ3n) is 5.40. The quantitative estimate of drug-likeness (QED) is 0.555. The van der Waals surface area contributed by atoms with E-state index >= 15 is 0 Å². The van der Waals surface area contributed by atoms with Gasteiger partial charge in [-0.2, -0.15) is 0 Å². The Morgan fingerprint density at radius 3 is 2.38 bits per heavy atom. The number of benzene rings is 2. The zero-order valence-corrected chi connectivity index (χ0v) is 19.8. The van der Waals surface area contributed by atoms with Crippen molar-refractivity contribution in [2.75, 3.05) is 13.2 Å². The van der Waals surface area contributed by atoms with Gasteiger partial charge in [-0.05, 0) is 44.0 Å². The summed E-state index contributed by atoms with van der Waals surface area (Å²) in [7, 11) is 0. The van der Waals surface area contributed by atoms with Crippen molar-refractivity contribution >= 4 is 35.0 Å². The Morgan fingerprint density at radius 1 is 1.00 bits per heavy atom. The Labute approximate surface area is 197 Å². The highest BCUT2D eigenvalue weighted by Gasteiger charge is 2.40. The summed E-state index contributed by atoms with van der Waals surface area (Å²) in [5, 5.41) is 6.59. The van der Waals surface area contributed by atoms with Crippen LogP contribution in [-0.2, 0) is 20.9 Å². The van der Waals surface area contributed by atoms with Crippen molar-refractivity contribution in [3.05, 3.63) is 74.9 Å². The lowest BCUT2D eigenvalue weighted by Crippen LogP contribution is -2.56. The highest BCUT2D eigenvalue weighted by atomic mass is 35.5. The van der Waals surface area contributed by atoms with Gasteiger partial charge in [0.1, 0.15) is 12.4 Å². The Bertz CT molecular complexity index is 1040. The van der Waals surface area contributed by atoms with Crippen LogP contribution in [-0.4, -0.2) is 30.6 Å². The lowest BCUT2D eigenvalue weighted by Gasteiger charge is -2.42. The van der Waals surface area contributed by atoms with Gasteiger partial charge >= 0.3 is 0 Å². The highest BCUT2D eigenvalue weighted by Crippen LogP contribution is 2.36. The lowest BCUT2D eigenvalue weighted by atomic mass is 9.75. The molecule has 1 aliphatic carbocycles. The standard InChI is InChI=1S/C24H26Cl2N2O4/c1-15-4-6-17(7-5-15)12-31-13-22(29)27-21-11-24(3,16(21)2)28-23(30)14-32-18-8-9-19(25)20(26)10-18/h4-10H,11-14H2,1-3H3,(H,27,29)(H,28,30). The molecule has 0 saturated carbocycles. The average molecular weight is 477 g/mol. The topological polar surface area (TPSA) is 76.7 Å². The molecule has 2 N–H and O–H groups in total. The van der Waals surface area contributed by atoms with E-state index in [9.17, 15) is 9.59 Å². The molecule has 3 rings (SSSR count). The van der Waals surface area contributed by atoms with E-state index in [1.807, 2.05) is 45.0 Å². The van der Waals surface area contributed by atoms with Crippen LogP contribution in [0, 0.1) is 6.92 Å². The third kappa shape index (κ3) is 6.25.